The van der Waals surface area contributed by atoms with Crippen LogP contribution in [0.1, 0.15) is 23.7 Å². The van der Waals surface area contributed by atoms with Gasteiger partial charge in [-0.2, -0.15) is 0 Å². The summed E-state index contributed by atoms with van der Waals surface area (Å²) in [6.07, 6.45) is 0.581. The summed E-state index contributed by atoms with van der Waals surface area (Å²) >= 11 is 0. The molecule has 0 heterocycles. The average molecular weight is 223 g/mol. The molecule has 2 N–H and O–H groups in total. The average Bonchev–Trinajstić information content (AvgIpc) is 2.30. The monoisotopic (exact) mass is 223 g/mol. The van der Waals surface area contributed by atoms with E-state index in [9.17, 15) is 4.79 Å². The lowest BCUT2D eigenvalue weighted by atomic mass is 10.2. The van der Waals surface area contributed by atoms with Gasteiger partial charge < -0.3 is 15.1 Å². The number of benzene rings is 1. The Hall–Kier alpha value is -1.55. The maximum Gasteiger partial charge on any atom is 0.253 e. The van der Waals surface area contributed by atoms with Gasteiger partial charge in [-0.1, -0.05) is 0 Å². The van der Waals surface area contributed by atoms with Gasteiger partial charge in [0.1, 0.15) is 5.75 Å². The first-order valence-corrected chi connectivity index (χ1v) is 5.38. The molecular formula is C12H17NO3. The first-order valence-electron chi connectivity index (χ1n) is 5.38. The van der Waals surface area contributed by atoms with Gasteiger partial charge in [0, 0.05) is 25.3 Å². The van der Waals surface area contributed by atoms with Crippen LogP contribution < -0.4 is 0 Å². The molecule has 1 aromatic rings. The van der Waals surface area contributed by atoms with Gasteiger partial charge in [0.2, 0.25) is 0 Å². The molecule has 1 rings (SSSR count). The minimum Gasteiger partial charge on any atom is -0.508 e. The smallest absolute Gasteiger partial charge is 0.253 e. The van der Waals surface area contributed by atoms with E-state index >= 15 is 0 Å². The third-order valence-corrected chi connectivity index (χ3v) is 2.37. The van der Waals surface area contributed by atoms with E-state index in [-0.39, 0.29) is 18.3 Å². The van der Waals surface area contributed by atoms with Crippen LogP contribution in [0.3, 0.4) is 0 Å². The molecule has 0 fully saturated rings. The molecule has 4 nitrogen and oxygen atoms in total. The maximum absolute atomic E-state index is 12.0. The normalized spacial score (nSPS) is 10.1. The molecule has 0 aliphatic carbocycles. The second kappa shape index (κ2) is 6.12. The molecule has 0 aliphatic heterocycles. The zero-order valence-electron chi connectivity index (χ0n) is 9.39. The molecule has 88 valence electrons. The molecule has 0 unspecified atom stereocenters. The molecule has 1 aromatic carbocycles. The second-order valence-electron chi connectivity index (χ2n) is 3.51. The lowest BCUT2D eigenvalue weighted by Gasteiger charge is -2.20. The Bertz CT molecular complexity index is 335. The zero-order valence-corrected chi connectivity index (χ0v) is 9.39. The summed E-state index contributed by atoms with van der Waals surface area (Å²) in [5.41, 5.74) is 0.553. The number of aliphatic hydroxyl groups is 1. The number of amides is 1. The number of carbonyl (C=O) groups is 1. The van der Waals surface area contributed by atoms with Crippen molar-refractivity contribution in [1.82, 2.24) is 4.90 Å². The Balaban J connectivity index is 2.70. The van der Waals surface area contributed by atoms with Crippen molar-refractivity contribution < 1.29 is 15.0 Å². The van der Waals surface area contributed by atoms with Crippen LogP contribution in [0.25, 0.3) is 0 Å². The maximum atomic E-state index is 12.0. The molecule has 1 amide bonds. The predicted octanol–water partition coefficient (Wildman–Crippen LogP) is 1.24. The van der Waals surface area contributed by atoms with Gasteiger partial charge in [0.25, 0.3) is 5.91 Å². The van der Waals surface area contributed by atoms with E-state index in [1.807, 2.05) is 6.92 Å². The van der Waals surface area contributed by atoms with Crippen LogP contribution in [-0.2, 0) is 0 Å². The number of nitrogens with zero attached hydrogens (tertiary/aromatic N) is 1. The van der Waals surface area contributed by atoms with E-state index < -0.39 is 0 Å². The minimum atomic E-state index is -0.0732. The van der Waals surface area contributed by atoms with Crippen LogP contribution in [0.5, 0.6) is 5.75 Å². The van der Waals surface area contributed by atoms with E-state index in [2.05, 4.69) is 0 Å². The SMILES string of the molecule is CCN(CCCO)C(=O)c1ccc(O)cc1. The van der Waals surface area contributed by atoms with Crippen LogP contribution in [0.4, 0.5) is 0 Å². The third-order valence-electron chi connectivity index (χ3n) is 2.37. The van der Waals surface area contributed by atoms with Crippen molar-refractivity contribution in [1.29, 1.82) is 0 Å². The Morgan fingerprint density at radius 1 is 1.31 bits per heavy atom. The highest BCUT2D eigenvalue weighted by molar-refractivity contribution is 5.94. The van der Waals surface area contributed by atoms with Gasteiger partial charge in [-0.25, -0.2) is 0 Å². The van der Waals surface area contributed by atoms with E-state index in [0.717, 1.165) is 0 Å². The number of rotatable bonds is 5. The Morgan fingerprint density at radius 3 is 2.44 bits per heavy atom. The fraction of sp³-hybridized carbons (Fsp3) is 0.417. The van der Waals surface area contributed by atoms with Crippen molar-refractivity contribution in [2.45, 2.75) is 13.3 Å². The van der Waals surface area contributed by atoms with Crippen molar-refractivity contribution in [2.24, 2.45) is 0 Å². The van der Waals surface area contributed by atoms with Gasteiger partial charge in [-0.3, -0.25) is 4.79 Å². The highest BCUT2D eigenvalue weighted by Gasteiger charge is 2.13. The zero-order chi connectivity index (χ0) is 12.0. The van der Waals surface area contributed by atoms with Gasteiger partial charge in [-0.05, 0) is 37.6 Å². The van der Waals surface area contributed by atoms with Crippen LogP contribution >= 0.6 is 0 Å². The fourth-order valence-corrected chi connectivity index (χ4v) is 1.45. The van der Waals surface area contributed by atoms with Crippen molar-refractivity contribution in [3.8, 4) is 5.75 Å². The van der Waals surface area contributed by atoms with E-state index in [1.54, 1.807) is 17.0 Å². The van der Waals surface area contributed by atoms with Gasteiger partial charge >= 0.3 is 0 Å². The first kappa shape index (κ1) is 12.5. The lowest BCUT2D eigenvalue weighted by Crippen LogP contribution is -2.32. The molecule has 0 radical (unpaired) electrons. The molecule has 16 heavy (non-hydrogen) atoms. The number of aliphatic hydroxyl groups excluding tert-OH is 1. The van der Waals surface area contributed by atoms with E-state index in [4.69, 9.17) is 10.2 Å². The molecule has 0 aromatic heterocycles. The van der Waals surface area contributed by atoms with Gasteiger partial charge in [-0.15, -0.1) is 0 Å². The molecule has 0 atom stereocenters. The summed E-state index contributed by atoms with van der Waals surface area (Å²) in [5.74, 6) is 0.0749. The highest BCUT2D eigenvalue weighted by Crippen LogP contribution is 2.11. The predicted molar refractivity (Wildman–Crippen MR) is 61.4 cm³/mol. The Morgan fingerprint density at radius 2 is 1.94 bits per heavy atom. The summed E-state index contributed by atoms with van der Waals surface area (Å²) in [5, 5.41) is 17.8. The summed E-state index contributed by atoms with van der Waals surface area (Å²) in [6, 6.07) is 6.18. The molecular weight excluding hydrogens is 206 g/mol. The third kappa shape index (κ3) is 3.24. The fourth-order valence-electron chi connectivity index (χ4n) is 1.45. The van der Waals surface area contributed by atoms with Crippen LogP contribution in [0.15, 0.2) is 24.3 Å². The highest BCUT2D eigenvalue weighted by atomic mass is 16.3. The summed E-state index contributed by atoms with van der Waals surface area (Å²) in [7, 11) is 0. The first-order chi connectivity index (χ1) is 7.69. The molecule has 0 spiro atoms. The summed E-state index contributed by atoms with van der Waals surface area (Å²) in [6.45, 7) is 3.14. The molecule has 0 aliphatic rings. The van der Waals surface area contributed by atoms with Crippen molar-refractivity contribution in [3.63, 3.8) is 0 Å². The van der Waals surface area contributed by atoms with Crippen molar-refractivity contribution >= 4 is 5.91 Å². The van der Waals surface area contributed by atoms with E-state index in [0.29, 0.717) is 25.1 Å². The minimum absolute atomic E-state index is 0.0732. The number of aromatic hydroxyl groups is 1. The second-order valence-corrected chi connectivity index (χ2v) is 3.51. The molecule has 4 heteroatoms. The molecule has 0 saturated carbocycles. The number of phenolic OH excluding ortho intramolecular Hbond substituents is 1. The molecule has 0 bridgehead atoms. The summed E-state index contributed by atoms with van der Waals surface area (Å²) < 4.78 is 0. The Kier molecular flexibility index (Phi) is 4.79. The standard InChI is InChI=1S/C12H17NO3/c1-2-13(8-3-9-14)12(16)10-4-6-11(15)7-5-10/h4-7,14-15H,2-3,8-9H2,1H3. The van der Waals surface area contributed by atoms with Crippen molar-refractivity contribution in [3.05, 3.63) is 29.8 Å². The largest absolute Gasteiger partial charge is 0.508 e. The molecule has 0 saturated heterocycles. The van der Waals surface area contributed by atoms with Crippen LogP contribution in [0.2, 0.25) is 0 Å². The lowest BCUT2D eigenvalue weighted by molar-refractivity contribution is 0.0754. The number of hydrogen-bond donors (Lipinski definition) is 2. The number of hydrogen-bond acceptors (Lipinski definition) is 3. The van der Waals surface area contributed by atoms with Crippen molar-refractivity contribution in [2.75, 3.05) is 19.7 Å². The number of phenols is 1. The number of carbonyl (C=O) groups excluding carboxylic acids is 1. The van der Waals surface area contributed by atoms with Crippen LogP contribution in [-0.4, -0.2) is 40.7 Å². The quantitative estimate of drug-likeness (QED) is 0.789. The topological polar surface area (TPSA) is 60.8 Å². The van der Waals surface area contributed by atoms with Gasteiger partial charge in [0.15, 0.2) is 0 Å². The van der Waals surface area contributed by atoms with Gasteiger partial charge in [0.05, 0.1) is 0 Å². The summed E-state index contributed by atoms with van der Waals surface area (Å²) in [4.78, 5) is 13.6. The van der Waals surface area contributed by atoms with Crippen LogP contribution in [0, 0.1) is 0 Å². The Labute approximate surface area is 95.1 Å². The van der Waals surface area contributed by atoms with E-state index in [1.165, 1.54) is 12.1 Å².